The minimum atomic E-state index is -3.77. The van der Waals surface area contributed by atoms with Crippen molar-refractivity contribution >= 4 is 77.6 Å². The summed E-state index contributed by atoms with van der Waals surface area (Å²) < 4.78 is 92.6. The van der Waals surface area contributed by atoms with E-state index in [4.69, 9.17) is 75.5 Å². The van der Waals surface area contributed by atoms with E-state index >= 15 is 0 Å². The molecule has 3 amide bonds. The lowest BCUT2D eigenvalue weighted by Gasteiger charge is -2.36. The summed E-state index contributed by atoms with van der Waals surface area (Å²) in [5.74, 6) is 3.45. The Hall–Kier alpha value is -6.97. The van der Waals surface area contributed by atoms with Gasteiger partial charge in [-0.3, -0.25) is 15.0 Å². The molecule has 7 N–H and O–H groups in total. The summed E-state index contributed by atoms with van der Waals surface area (Å²) in [5.41, 5.74) is 9.82. The van der Waals surface area contributed by atoms with Crippen LogP contribution in [-0.4, -0.2) is 226 Å². The molecule has 6 rings (SSSR count). The van der Waals surface area contributed by atoms with Crippen molar-refractivity contribution in [3.8, 4) is 28.7 Å². The van der Waals surface area contributed by atoms with Gasteiger partial charge in [0.15, 0.2) is 33.3 Å². The number of aliphatic hydroxyl groups is 3. The fraction of sp³-hybridized carbons (Fsp3) is 0.606. The minimum Gasteiger partial charge on any atom is -0.508 e. The van der Waals surface area contributed by atoms with Crippen LogP contribution in [0.2, 0.25) is 72.5 Å². The average Bonchev–Trinajstić information content (AvgIpc) is 0.947. The van der Waals surface area contributed by atoms with Crippen LogP contribution in [0.4, 0.5) is 14.4 Å². The molecule has 131 heavy (non-hydrogen) atoms. The van der Waals surface area contributed by atoms with Gasteiger partial charge in [0.2, 0.25) is 0 Å². The SMILES string of the molecule is CC(C)(C)[Si](C)(C)OCCBr.CC(C)(C)[Si](C)(C)OCCOc1ccccc1CCO.CN(CCc1ccccc1OCCO)NC(=O)OC(C)(C)C.CN(CCc1ccccc1OCCO[Si](C)(C)C(C)(C)C)NC(=O)OC(C)(C)C.CNC(=O)OC(C)(C)C.Cc1ccc(S(=O)(=O)OCCc2ccccc2OCCO[Si](C)(C)C(C)(C)C)cc1.OCCc1ccccc1O. The van der Waals surface area contributed by atoms with Crippen molar-refractivity contribution < 1.29 is 98.3 Å². The highest BCUT2D eigenvalue weighted by atomic mass is 79.9. The number of hydrogen-bond donors (Lipinski definition) is 7. The Bertz CT molecular complexity index is 4290. The summed E-state index contributed by atoms with van der Waals surface area (Å²) in [5, 5.41) is 43.2. The number of amides is 3. The summed E-state index contributed by atoms with van der Waals surface area (Å²) >= 11 is 3.37. The highest BCUT2D eigenvalue weighted by molar-refractivity contribution is 9.09. The van der Waals surface area contributed by atoms with Gasteiger partial charge in [-0.25, -0.2) is 24.4 Å². The van der Waals surface area contributed by atoms with E-state index < -0.39 is 66.8 Å². The van der Waals surface area contributed by atoms with E-state index in [9.17, 15) is 22.8 Å². The van der Waals surface area contributed by atoms with E-state index in [1.807, 2.05) is 179 Å². The highest BCUT2D eigenvalue weighted by Gasteiger charge is 2.40. The molecule has 6 aromatic rings. The van der Waals surface area contributed by atoms with Gasteiger partial charge in [0.05, 0.1) is 37.9 Å². The summed E-state index contributed by atoms with van der Waals surface area (Å²) in [4.78, 5) is 34.2. The summed E-state index contributed by atoms with van der Waals surface area (Å²) in [6.07, 6.45) is 1.71. The van der Waals surface area contributed by atoms with E-state index in [0.717, 1.165) is 74.7 Å². The Morgan fingerprint density at radius 2 is 0.649 bits per heavy atom. The van der Waals surface area contributed by atoms with Crippen LogP contribution in [0.25, 0.3) is 0 Å². The number of carbonyl (C=O) groups is 3. The Kier molecular flexibility index (Phi) is 56.6. The molecular weight excluding hydrogens is 1820 g/mol. The van der Waals surface area contributed by atoms with Gasteiger partial charge in [-0.2, -0.15) is 8.42 Å². The van der Waals surface area contributed by atoms with Crippen LogP contribution in [-0.2, 0) is 78.3 Å². The topological polar surface area (TPSA) is 320 Å². The first-order valence-electron chi connectivity index (χ1n) is 45.2. The van der Waals surface area contributed by atoms with Gasteiger partial charge in [0.25, 0.3) is 10.1 Å². The number of alkyl carbamates (subject to hydrolysis) is 1. The van der Waals surface area contributed by atoms with E-state index in [0.29, 0.717) is 83.5 Å². The maximum Gasteiger partial charge on any atom is 0.422 e. The molecule has 0 aliphatic carbocycles. The molecule has 0 spiro atoms. The standard InChI is InChI=1S/C23H34O5SSi.C22H40N2O4Si.C16H26N2O4.C16H28O3Si.C8H19BrOSi.C8H10O2.C6H13NO2/c1-19-11-13-21(14-12-19)29(24,25)27-16-15-20-9-7-8-10-22(20)26-17-18-28-30(5,6)23(2,3)4;1-21(2,3)28-20(25)23-24(7)15-14-18-12-10-11-13-19(18)26-16-17-27-29(8,9)22(4,5)6;1-16(2,3)22-15(20)17-18(4)10-9-13-7-5-6-8-14(13)21-12-11-19;1-16(2,3)20(4,5)19-13-12-18-15-9-7-6-8-14(15)10-11-17;1-8(2,3)11(4,5)10-7-6-9;9-6-5-7-3-1-2-4-8(7)10;1-6(2,3)9-5(8)7-4/h7-14H,15-18H2,1-6H3;10-13H,14-17H2,1-9H3,(H,23,25);5-8,19H,9-12H2,1-4H3,(H,17,20);6-9,17H,10-13H2,1-5H3;6-7H2,1-5H3;1-4,9-10H,5-6H2;1-4H3,(H,7,8). The smallest absolute Gasteiger partial charge is 0.422 e. The van der Waals surface area contributed by atoms with Gasteiger partial charge in [-0.1, -0.05) is 208 Å². The molecule has 746 valence electrons. The molecule has 0 saturated carbocycles. The van der Waals surface area contributed by atoms with Crippen LogP contribution in [0.5, 0.6) is 28.7 Å². The molecule has 26 nitrogen and oxygen atoms in total. The first-order chi connectivity index (χ1) is 60.3. The van der Waals surface area contributed by atoms with Gasteiger partial charge in [0.1, 0.15) is 72.0 Å². The summed E-state index contributed by atoms with van der Waals surface area (Å²) in [6, 6.07) is 44.7. The van der Waals surface area contributed by atoms with Crippen LogP contribution >= 0.6 is 15.9 Å². The number of benzene rings is 6. The van der Waals surface area contributed by atoms with Gasteiger partial charge in [-0.05, 0) is 238 Å². The van der Waals surface area contributed by atoms with Gasteiger partial charge in [0, 0.05) is 65.8 Å². The third-order valence-electron chi connectivity index (χ3n) is 21.5. The average molecular weight is 1990 g/mol. The largest absolute Gasteiger partial charge is 0.508 e. The van der Waals surface area contributed by atoms with Crippen LogP contribution in [0.1, 0.15) is 179 Å². The Balaban J connectivity index is 0.00000157. The third kappa shape index (κ3) is 55.0. The van der Waals surface area contributed by atoms with E-state index in [2.05, 4.69) is 168 Å². The first-order valence-corrected chi connectivity index (χ1v) is 59.3. The van der Waals surface area contributed by atoms with E-state index in [1.54, 1.807) is 59.5 Å². The normalized spacial score (nSPS) is 12.2. The zero-order valence-electron chi connectivity index (χ0n) is 85.9. The number of nitrogens with zero attached hydrogens (tertiary/aromatic N) is 2. The van der Waals surface area contributed by atoms with E-state index in [1.165, 1.54) is 7.05 Å². The zero-order valence-corrected chi connectivity index (χ0v) is 92.3. The van der Waals surface area contributed by atoms with E-state index in [-0.39, 0.29) is 70.5 Å². The minimum absolute atomic E-state index is 0.0194. The fourth-order valence-electron chi connectivity index (χ4n) is 9.99. The number of aryl methyl sites for hydroxylation is 1. The number of aromatic hydroxyl groups is 1. The van der Waals surface area contributed by atoms with Crippen molar-refractivity contribution in [1.82, 2.24) is 26.2 Å². The molecule has 0 bridgehead atoms. The molecule has 0 aromatic heterocycles. The number of nitrogens with one attached hydrogen (secondary N) is 3. The second-order valence-corrected chi connectivity index (χ2v) is 62.1. The van der Waals surface area contributed by atoms with Crippen molar-refractivity contribution in [2.24, 2.45) is 0 Å². The molecule has 0 atom stereocenters. The molecule has 0 fully saturated rings. The van der Waals surface area contributed by atoms with Gasteiger partial charge < -0.3 is 76.6 Å². The predicted octanol–water partition coefficient (Wildman–Crippen LogP) is 21.4. The maximum absolute atomic E-state index is 12.3. The van der Waals surface area contributed by atoms with Crippen LogP contribution in [0, 0.1) is 6.92 Å². The van der Waals surface area contributed by atoms with Crippen molar-refractivity contribution in [1.29, 1.82) is 0 Å². The number of hydrogen-bond acceptors (Lipinski definition) is 23. The van der Waals surface area contributed by atoms with Crippen LogP contribution in [0.3, 0.4) is 0 Å². The number of phenolic OH excluding ortho intramolecular Hbond substituents is 1. The lowest BCUT2D eigenvalue weighted by Crippen LogP contribution is -2.43. The van der Waals surface area contributed by atoms with Crippen molar-refractivity contribution in [2.45, 2.75) is 279 Å². The molecular formula is C99H170BrN5O21SSi4. The van der Waals surface area contributed by atoms with Crippen molar-refractivity contribution in [3.05, 3.63) is 179 Å². The summed E-state index contributed by atoms with van der Waals surface area (Å²) in [7, 11) is -5.34. The Labute approximate surface area is 802 Å². The predicted molar refractivity (Wildman–Crippen MR) is 546 cm³/mol. The molecule has 0 aliphatic heterocycles. The fourth-order valence-corrected chi connectivity index (χ4v) is 15.5. The summed E-state index contributed by atoms with van der Waals surface area (Å²) in [6.45, 7) is 69.0. The molecule has 6 aromatic carbocycles. The van der Waals surface area contributed by atoms with Crippen LogP contribution in [0.15, 0.2) is 150 Å². The number of alkyl halides is 1. The number of halogens is 1. The van der Waals surface area contributed by atoms with Crippen molar-refractivity contribution in [2.75, 3.05) is 119 Å². The zero-order chi connectivity index (χ0) is 101. The van der Waals surface area contributed by atoms with Gasteiger partial charge >= 0.3 is 18.3 Å². The van der Waals surface area contributed by atoms with Crippen LogP contribution < -0.4 is 35.1 Å². The lowest BCUT2D eigenvalue weighted by molar-refractivity contribution is 0.0359. The number of hydrazine groups is 2. The number of ether oxygens (including phenoxy) is 7. The number of phenols is 1. The number of carbonyl (C=O) groups excluding carboxylic acids is 3. The molecule has 0 heterocycles. The lowest BCUT2D eigenvalue weighted by atomic mass is 10.1. The second kappa shape index (κ2) is 59.8. The first kappa shape index (κ1) is 124. The number of para-hydroxylation sites is 5. The number of likely N-dealkylation sites (N-methyl/N-ethyl adjacent to an activating group) is 2. The maximum atomic E-state index is 12.3. The molecule has 0 aliphatic rings. The second-order valence-electron chi connectivity index (χ2n) is 40.4. The molecule has 0 unspecified atom stereocenters. The van der Waals surface area contributed by atoms with Gasteiger partial charge in [-0.15, -0.1) is 0 Å². The Morgan fingerprint density at radius 3 is 0.939 bits per heavy atom. The third-order valence-corrected chi connectivity index (χ3v) is 41.3. The Morgan fingerprint density at radius 1 is 0.366 bits per heavy atom. The van der Waals surface area contributed by atoms with Crippen molar-refractivity contribution in [3.63, 3.8) is 0 Å². The highest BCUT2D eigenvalue weighted by Crippen LogP contribution is 2.40. The molecule has 0 saturated heterocycles. The number of rotatable bonds is 38. The quantitative estimate of drug-likeness (QED) is 0.00473. The monoisotopic (exact) mass is 1990 g/mol. The molecule has 32 heteroatoms. The number of aliphatic hydroxyl groups excluding tert-OH is 3. The molecule has 0 radical (unpaired) electrons.